The van der Waals surface area contributed by atoms with Crippen LogP contribution < -0.4 is 0 Å². The standard InChI is InChI=1S/C17H14ClNO/c1-17(16(18)20,11-13-6-3-2-4-7-13)15-9-5-8-14(10-15)12-19/h2-10H,11H2,1H3. The molecule has 100 valence electrons. The third-order valence-electron chi connectivity index (χ3n) is 3.46. The molecule has 0 aliphatic rings. The molecule has 0 amide bonds. The SMILES string of the molecule is CC(Cc1ccccc1)(C(=O)Cl)c1cccc(C#N)c1. The van der Waals surface area contributed by atoms with Crippen molar-refractivity contribution in [3.8, 4) is 6.07 Å². The van der Waals surface area contributed by atoms with E-state index in [1.54, 1.807) is 18.2 Å². The zero-order chi connectivity index (χ0) is 14.6. The van der Waals surface area contributed by atoms with Gasteiger partial charge < -0.3 is 0 Å². The van der Waals surface area contributed by atoms with Crippen molar-refractivity contribution in [1.29, 1.82) is 5.26 Å². The second-order valence-electron chi connectivity index (χ2n) is 4.96. The summed E-state index contributed by atoms with van der Waals surface area (Å²) in [5.41, 5.74) is 1.49. The van der Waals surface area contributed by atoms with Crippen LogP contribution in [0.4, 0.5) is 0 Å². The molecule has 2 rings (SSSR count). The molecule has 0 spiro atoms. The molecule has 0 fully saturated rings. The fourth-order valence-corrected chi connectivity index (χ4v) is 2.40. The average Bonchev–Trinajstić information content (AvgIpc) is 2.48. The molecule has 0 bridgehead atoms. The smallest absolute Gasteiger partial charge is 0.232 e. The van der Waals surface area contributed by atoms with Gasteiger partial charge in [-0.2, -0.15) is 5.26 Å². The summed E-state index contributed by atoms with van der Waals surface area (Å²) in [7, 11) is 0. The Morgan fingerprint density at radius 2 is 1.90 bits per heavy atom. The molecule has 20 heavy (non-hydrogen) atoms. The van der Waals surface area contributed by atoms with Crippen LogP contribution in [-0.2, 0) is 16.6 Å². The molecule has 3 heteroatoms. The molecule has 0 aliphatic heterocycles. The minimum Gasteiger partial charge on any atom is -0.280 e. The van der Waals surface area contributed by atoms with E-state index in [0.29, 0.717) is 12.0 Å². The second-order valence-corrected chi connectivity index (χ2v) is 5.30. The van der Waals surface area contributed by atoms with E-state index in [1.165, 1.54) is 0 Å². The molecule has 2 nitrogen and oxygen atoms in total. The average molecular weight is 284 g/mol. The third kappa shape index (κ3) is 2.89. The number of carbonyl (C=O) groups is 1. The first-order valence-corrected chi connectivity index (χ1v) is 6.68. The number of hydrogen-bond donors (Lipinski definition) is 0. The van der Waals surface area contributed by atoms with E-state index < -0.39 is 10.7 Å². The molecular formula is C17H14ClNO. The molecular weight excluding hydrogens is 270 g/mol. The van der Waals surface area contributed by atoms with E-state index in [9.17, 15) is 4.79 Å². The van der Waals surface area contributed by atoms with Gasteiger partial charge in [0.15, 0.2) is 0 Å². The van der Waals surface area contributed by atoms with Gasteiger partial charge in [-0.3, -0.25) is 4.79 Å². The minimum atomic E-state index is -0.838. The van der Waals surface area contributed by atoms with Crippen molar-refractivity contribution in [2.75, 3.05) is 0 Å². The van der Waals surface area contributed by atoms with E-state index in [4.69, 9.17) is 16.9 Å². The topological polar surface area (TPSA) is 40.9 Å². The zero-order valence-electron chi connectivity index (χ0n) is 11.1. The van der Waals surface area contributed by atoms with Crippen LogP contribution in [0.3, 0.4) is 0 Å². The van der Waals surface area contributed by atoms with Crippen molar-refractivity contribution in [1.82, 2.24) is 0 Å². The Kier molecular flexibility index (Phi) is 4.22. The first-order valence-electron chi connectivity index (χ1n) is 6.31. The van der Waals surface area contributed by atoms with Crippen LogP contribution >= 0.6 is 11.6 Å². The predicted octanol–water partition coefficient (Wildman–Crippen LogP) is 3.82. The maximum atomic E-state index is 12.0. The van der Waals surface area contributed by atoms with Gasteiger partial charge in [-0.15, -0.1) is 0 Å². The summed E-state index contributed by atoms with van der Waals surface area (Å²) in [5.74, 6) is 0. The summed E-state index contributed by atoms with van der Waals surface area (Å²) >= 11 is 5.84. The molecule has 0 saturated carbocycles. The van der Waals surface area contributed by atoms with Crippen molar-refractivity contribution in [2.45, 2.75) is 18.8 Å². The Labute approximate surface area is 123 Å². The summed E-state index contributed by atoms with van der Waals surface area (Å²) in [5, 5.41) is 8.57. The summed E-state index contributed by atoms with van der Waals surface area (Å²) in [6, 6.07) is 18.9. The Balaban J connectivity index is 2.44. The highest BCUT2D eigenvalue weighted by molar-refractivity contribution is 6.65. The van der Waals surface area contributed by atoms with E-state index in [0.717, 1.165) is 11.1 Å². The summed E-state index contributed by atoms with van der Waals surface area (Å²) in [6.45, 7) is 1.81. The van der Waals surface area contributed by atoms with Crippen molar-refractivity contribution < 1.29 is 4.79 Å². The molecule has 0 radical (unpaired) electrons. The Morgan fingerprint density at radius 3 is 2.50 bits per heavy atom. The zero-order valence-corrected chi connectivity index (χ0v) is 11.9. The normalized spacial score (nSPS) is 13.2. The first kappa shape index (κ1) is 14.3. The van der Waals surface area contributed by atoms with E-state index in [2.05, 4.69) is 6.07 Å². The van der Waals surface area contributed by atoms with Crippen molar-refractivity contribution >= 4 is 16.8 Å². The first-order chi connectivity index (χ1) is 9.56. The lowest BCUT2D eigenvalue weighted by Crippen LogP contribution is -2.31. The molecule has 0 N–H and O–H groups in total. The van der Waals surface area contributed by atoms with Gasteiger partial charge in [0.05, 0.1) is 17.0 Å². The summed E-state index contributed by atoms with van der Waals surface area (Å²) < 4.78 is 0. The maximum absolute atomic E-state index is 12.0. The largest absolute Gasteiger partial charge is 0.280 e. The van der Waals surface area contributed by atoms with E-state index in [1.807, 2.05) is 43.3 Å². The molecule has 0 aromatic heterocycles. The van der Waals surface area contributed by atoms with Crippen LogP contribution in [0.25, 0.3) is 0 Å². The fraction of sp³-hybridized carbons (Fsp3) is 0.176. The summed E-state index contributed by atoms with van der Waals surface area (Å²) in [4.78, 5) is 12.0. The van der Waals surface area contributed by atoms with Gasteiger partial charge >= 0.3 is 0 Å². The molecule has 0 saturated heterocycles. The fourth-order valence-electron chi connectivity index (χ4n) is 2.22. The lowest BCUT2D eigenvalue weighted by atomic mass is 9.78. The molecule has 0 heterocycles. The van der Waals surface area contributed by atoms with Gasteiger partial charge in [0.25, 0.3) is 0 Å². The number of halogens is 1. The van der Waals surface area contributed by atoms with Crippen LogP contribution in [0, 0.1) is 11.3 Å². The highest BCUT2D eigenvalue weighted by Crippen LogP contribution is 2.31. The van der Waals surface area contributed by atoms with Crippen LogP contribution in [0.5, 0.6) is 0 Å². The number of rotatable bonds is 4. The molecule has 2 aromatic carbocycles. The van der Waals surface area contributed by atoms with E-state index in [-0.39, 0.29) is 0 Å². The monoisotopic (exact) mass is 283 g/mol. The van der Waals surface area contributed by atoms with Gasteiger partial charge in [-0.1, -0.05) is 42.5 Å². The number of nitriles is 1. The van der Waals surface area contributed by atoms with Gasteiger partial charge in [-0.25, -0.2) is 0 Å². The lowest BCUT2D eigenvalue weighted by molar-refractivity contribution is -0.116. The number of nitrogens with zero attached hydrogens (tertiary/aromatic N) is 1. The molecule has 0 aliphatic carbocycles. The van der Waals surface area contributed by atoms with E-state index >= 15 is 0 Å². The lowest BCUT2D eigenvalue weighted by Gasteiger charge is -2.26. The highest BCUT2D eigenvalue weighted by atomic mass is 35.5. The Morgan fingerprint density at radius 1 is 1.20 bits per heavy atom. The molecule has 1 unspecified atom stereocenters. The van der Waals surface area contributed by atoms with Crippen molar-refractivity contribution in [3.05, 3.63) is 71.3 Å². The molecule has 2 aromatic rings. The second kappa shape index (κ2) is 5.90. The Hall–Kier alpha value is -2.11. The van der Waals surface area contributed by atoms with Gasteiger partial charge in [-0.05, 0) is 48.2 Å². The number of benzene rings is 2. The predicted molar refractivity (Wildman–Crippen MR) is 79.5 cm³/mol. The van der Waals surface area contributed by atoms with Gasteiger partial charge in [0.1, 0.15) is 0 Å². The van der Waals surface area contributed by atoms with Gasteiger partial charge in [0, 0.05) is 0 Å². The van der Waals surface area contributed by atoms with Gasteiger partial charge in [0.2, 0.25) is 5.24 Å². The third-order valence-corrected chi connectivity index (χ3v) is 3.88. The number of hydrogen-bond acceptors (Lipinski definition) is 2. The minimum absolute atomic E-state index is 0.420. The van der Waals surface area contributed by atoms with Crippen LogP contribution in [0.1, 0.15) is 23.6 Å². The maximum Gasteiger partial charge on any atom is 0.232 e. The Bertz CT molecular complexity index is 660. The van der Waals surface area contributed by atoms with Crippen LogP contribution in [-0.4, -0.2) is 5.24 Å². The summed E-state index contributed by atoms with van der Waals surface area (Å²) in [6.07, 6.45) is 0.505. The van der Waals surface area contributed by atoms with Crippen LogP contribution in [0.15, 0.2) is 54.6 Å². The highest BCUT2D eigenvalue weighted by Gasteiger charge is 2.34. The van der Waals surface area contributed by atoms with Crippen LogP contribution in [0.2, 0.25) is 0 Å². The number of carbonyl (C=O) groups excluding carboxylic acids is 1. The van der Waals surface area contributed by atoms with Crippen molar-refractivity contribution in [3.63, 3.8) is 0 Å². The quantitative estimate of drug-likeness (QED) is 0.800. The van der Waals surface area contributed by atoms with Crippen molar-refractivity contribution in [2.24, 2.45) is 0 Å². The molecule has 1 atom stereocenters.